The van der Waals surface area contributed by atoms with Crippen LogP contribution in [0.3, 0.4) is 0 Å². The van der Waals surface area contributed by atoms with Crippen LogP contribution in [0, 0.1) is 11.8 Å². The van der Waals surface area contributed by atoms with Gasteiger partial charge in [-0.3, -0.25) is 4.79 Å². The predicted molar refractivity (Wildman–Crippen MR) is 78.8 cm³/mol. The van der Waals surface area contributed by atoms with Gasteiger partial charge in [0.05, 0.1) is 0 Å². The van der Waals surface area contributed by atoms with Crippen LogP contribution in [0.1, 0.15) is 64.2 Å². The molecule has 2 saturated carbocycles. The van der Waals surface area contributed by atoms with Crippen molar-refractivity contribution in [2.75, 3.05) is 13.6 Å². The first-order valence-electron chi connectivity index (χ1n) is 8.16. The maximum absolute atomic E-state index is 12.4. The molecule has 2 fully saturated rings. The summed E-state index contributed by atoms with van der Waals surface area (Å²) < 4.78 is 0. The lowest BCUT2D eigenvalue weighted by molar-refractivity contribution is -0.133. The summed E-state index contributed by atoms with van der Waals surface area (Å²) in [6.07, 6.45) is 12.0. The van der Waals surface area contributed by atoms with E-state index in [4.69, 9.17) is 5.73 Å². The van der Waals surface area contributed by atoms with Crippen LogP contribution in [0.5, 0.6) is 0 Å². The van der Waals surface area contributed by atoms with Crippen molar-refractivity contribution in [2.45, 2.75) is 70.3 Å². The monoisotopic (exact) mass is 266 g/mol. The van der Waals surface area contributed by atoms with Gasteiger partial charge in [-0.05, 0) is 56.9 Å². The van der Waals surface area contributed by atoms with Gasteiger partial charge in [0.1, 0.15) is 0 Å². The van der Waals surface area contributed by atoms with Crippen molar-refractivity contribution in [1.29, 1.82) is 0 Å². The Bertz CT molecular complexity index is 278. The second-order valence-corrected chi connectivity index (χ2v) is 6.62. The van der Waals surface area contributed by atoms with E-state index in [0.29, 0.717) is 23.8 Å². The molecule has 3 nitrogen and oxygen atoms in total. The van der Waals surface area contributed by atoms with Crippen molar-refractivity contribution in [2.24, 2.45) is 17.6 Å². The number of carbonyl (C=O) groups is 1. The number of rotatable bonds is 4. The Balaban J connectivity index is 1.74. The highest BCUT2D eigenvalue weighted by molar-refractivity contribution is 5.76. The first kappa shape index (κ1) is 14.8. The molecule has 2 aliphatic rings. The maximum atomic E-state index is 12.4. The van der Waals surface area contributed by atoms with Crippen molar-refractivity contribution < 1.29 is 4.79 Å². The molecule has 0 atom stereocenters. The zero-order valence-corrected chi connectivity index (χ0v) is 12.4. The molecule has 2 rings (SSSR count). The lowest BCUT2D eigenvalue weighted by Gasteiger charge is -2.33. The number of amides is 1. The van der Waals surface area contributed by atoms with Gasteiger partial charge in [-0.1, -0.05) is 19.3 Å². The summed E-state index contributed by atoms with van der Waals surface area (Å²) in [5.74, 6) is 1.70. The molecule has 0 heterocycles. The summed E-state index contributed by atoms with van der Waals surface area (Å²) >= 11 is 0. The summed E-state index contributed by atoms with van der Waals surface area (Å²) in [4.78, 5) is 14.4. The molecule has 0 spiro atoms. The van der Waals surface area contributed by atoms with E-state index >= 15 is 0 Å². The predicted octanol–water partition coefficient (Wildman–Crippen LogP) is 2.93. The number of nitrogens with two attached hydrogens (primary N) is 1. The fourth-order valence-electron chi connectivity index (χ4n) is 3.73. The minimum atomic E-state index is 0.378. The molecule has 0 radical (unpaired) electrons. The van der Waals surface area contributed by atoms with Gasteiger partial charge in [-0.2, -0.15) is 0 Å². The van der Waals surface area contributed by atoms with E-state index in [0.717, 1.165) is 13.0 Å². The smallest absolute Gasteiger partial charge is 0.222 e. The SMILES string of the molecule is CN(C(=O)CC1CCC(CN)CC1)C1CCCCC1. The van der Waals surface area contributed by atoms with Crippen molar-refractivity contribution in [3.8, 4) is 0 Å². The Labute approximate surface area is 117 Å². The van der Waals surface area contributed by atoms with E-state index in [1.807, 2.05) is 11.9 Å². The van der Waals surface area contributed by atoms with Crippen LogP contribution in [-0.4, -0.2) is 30.4 Å². The van der Waals surface area contributed by atoms with E-state index in [2.05, 4.69) is 0 Å². The van der Waals surface area contributed by atoms with Gasteiger partial charge < -0.3 is 10.6 Å². The lowest BCUT2D eigenvalue weighted by Crippen LogP contribution is -2.39. The first-order chi connectivity index (χ1) is 9.20. The Kier molecular flexibility index (Phi) is 5.68. The molecule has 0 aromatic rings. The van der Waals surface area contributed by atoms with Crippen molar-refractivity contribution in [1.82, 2.24) is 4.90 Å². The molecule has 0 aliphatic heterocycles. The second kappa shape index (κ2) is 7.28. The van der Waals surface area contributed by atoms with Gasteiger partial charge >= 0.3 is 0 Å². The Morgan fingerprint density at radius 2 is 1.58 bits per heavy atom. The highest BCUT2D eigenvalue weighted by atomic mass is 16.2. The zero-order valence-electron chi connectivity index (χ0n) is 12.4. The highest BCUT2D eigenvalue weighted by Gasteiger charge is 2.26. The van der Waals surface area contributed by atoms with Gasteiger partial charge in [-0.25, -0.2) is 0 Å². The number of hydrogen-bond acceptors (Lipinski definition) is 2. The molecule has 2 N–H and O–H groups in total. The van der Waals surface area contributed by atoms with E-state index in [1.165, 1.54) is 57.8 Å². The van der Waals surface area contributed by atoms with Gasteiger partial charge in [0, 0.05) is 19.5 Å². The fraction of sp³-hybridized carbons (Fsp3) is 0.938. The van der Waals surface area contributed by atoms with E-state index in [9.17, 15) is 4.79 Å². The second-order valence-electron chi connectivity index (χ2n) is 6.62. The molecular weight excluding hydrogens is 236 g/mol. The van der Waals surface area contributed by atoms with Crippen molar-refractivity contribution in [3.05, 3.63) is 0 Å². The van der Waals surface area contributed by atoms with Crippen molar-refractivity contribution in [3.63, 3.8) is 0 Å². The van der Waals surface area contributed by atoms with E-state index in [1.54, 1.807) is 0 Å². The molecule has 0 aromatic carbocycles. The van der Waals surface area contributed by atoms with Crippen molar-refractivity contribution >= 4 is 5.91 Å². The van der Waals surface area contributed by atoms with Crippen LogP contribution in [0.2, 0.25) is 0 Å². The minimum Gasteiger partial charge on any atom is -0.343 e. The highest BCUT2D eigenvalue weighted by Crippen LogP contribution is 2.31. The molecule has 0 aromatic heterocycles. The summed E-state index contributed by atoms with van der Waals surface area (Å²) in [6.45, 7) is 0.822. The van der Waals surface area contributed by atoms with Crippen LogP contribution in [0.4, 0.5) is 0 Å². The van der Waals surface area contributed by atoms with Crippen LogP contribution >= 0.6 is 0 Å². The molecule has 1 amide bonds. The zero-order chi connectivity index (χ0) is 13.7. The number of carbonyl (C=O) groups excluding carboxylic acids is 1. The summed E-state index contributed by atoms with van der Waals surface area (Å²) in [6, 6.07) is 0.515. The summed E-state index contributed by atoms with van der Waals surface area (Å²) in [5, 5.41) is 0. The third-order valence-electron chi connectivity index (χ3n) is 5.28. The van der Waals surface area contributed by atoms with Crippen LogP contribution in [0.25, 0.3) is 0 Å². The Morgan fingerprint density at radius 1 is 1.00 bits per heavy atom. The quantitative estimate of drug-likeness (QED) is 0.850. The molecular formula is C16H30N2O. The Hall–Kier alpha value is -0.570. The molecule has 0 saturated heterocycles. The summed E-state index contributed by atoms with van der Waals surface area (Å²) in [5.41, 5.74) is 5.72. The van der Waals surface area contributed by atoms with Gasteiger partial charge in [0.25, 0.3) is 0 Å². The largest absolute Gasteiger partial charge is 0.343 e. The maximum Gasteiger partial charge on any atom is 0.222 e. The van der Waals surface area contributed by atoms with Gasteiger partial charge in [0.2, 0.25) is 5.91 Å². The first-order valence-corrected chi connectivity index (χ1v) is 8.16. The average molecular weight is 266 g/mol. The van der Waals surface area contributed by atoms with E-state index in [-0.39, 0.29) is 0 Å². The van der Waals surface area contributed by atoms with Crippen LogP contribution in [-0.2, 0) is 4.79 Å². The number of nitrogens with zero attached hydrogens (tertiary/aromatic N) is 1. The lowest BCUT2D eigenvalue weighted by atomic mass is 9.80. The van der Waals surface area contributed by atoms with E-state index < -0.39 is 0 Å². The molecule has 3 heteroatoms. The minimum absolute atomic E-state index is 0.378. The topological polar surface area (TPSA) is 46.3 Å². The molecule has 19 heavy (non-hydrogen) atoms. The Morgan fingerprint density at radius 3 is 2.16 bits per heavy atom. The fourth-order valence-corrected chi connectivity index (χ4v) is 3.73. The molecule has 0 unspecified atom stereocenters. The average Bonchev–Trinajstić information content (AvgIpc) is 2.48. The molecule has 0 bridgehead atoms. The third-order valence-corrected chi connectivity index (χ3v) is 5.28. The standard InChI is InChI=1S/C16H30N2O/c1-18(15-5-3-2-4-6-15)16(19)11-13-7-9-14(12-17)10-8-13/h13-15H,2-12,17H2,1H3. The van der Waals surface area contributed by atoms with Crippen LogP contribution < -0.4 is 5.73 Å². The normalized spacial score (nSPS) is 29.2. The molecule has 2 aliphatic carbocycles. The van der Waals surface area contributed by atoms with Gasteiger partial charge in [-0.15, -0.1) is 0 Å². The number of hydrogen-bond donors (Lipinski definition) is 1. The van der Waals surface area contributed by atoms with Gasteiger partial charge in [0.15, 0.2) is 0 Å². The summed E-state index contributed by atoms with van der Waals surface area (Å²) in [7, 11) is 2.02. The third kappa shape index (κ3) is 4.20. The van der Waals surface area contributed by atoms with Crippen LogP contribution in [0.15, 0.2) is 0 Å². The molecule has 110 valence electrons.